The summed E-state index contributed by atoms with van der Waals surface area (Å²) in [4.78, 5) is 20.7. The molecule has 1 amide bonds. The predicted octanol–water partition coefficient (Wildman–Crippen LogP) is 6.04. The summed E-state index contributed by atoms with van der Waals surface area (Å²) in [5, 5.41) is 0.769. The van der Waals surface area contributed by atoms with Gasteiger partial charge in [0.2, 0.25) is 0 Å². The van der Waals surface area contributed by atoms with Crippen molar-refractivity contribution in [3.05, 3.63) is 83.7 Å². The molecule has 3 aromatic carbocycles. The van der Waals surface area contributed by atoms with Crippen LogP contribution < -0.4 is 14.4 Å². The van der Waals surface area contributed by atoms with Crippen molar-refractivity contribution in [2.24, 2.45) is 0 Å². The molecule has 5 rings (SSSR count). The molecule has 1 aliphatic heterocycles. The SMILES string of the molecule is COc1ccc(-c2cc(C(=O)N3c4ccc(F)cc4CCC3C)c3ccccc3n2)c(OC)c1. The lowest BCUT2D eigenvalue weighted by molar-refractivity contribution is 0.0976. The van der Waals surface area contributed by atoms with Gasteiger partial charge < -0.3 is 14.4 Å². The monoisotopic (exact) mass is 456 g/mol. The van der Waals surface area contributed by atoms with Crippen LogP contribution in [0.4, 0.5) is 10.1 Å². The van der Waals surface area contributed by atoms with Crippen molar-refractivity contribution in [3.63, 3.8) is 0 Å². The molecule has 0 saturated heterocycles. The van der Waals surface area contributed by atoms with E-state index < -0.39 is 0 Å². The van der Waals surface area contributed by atoms with E-state index in [1.165, 1.54) is 12.1 Å². The molecule has 1 aromatic heterocycles. The molecule has 0 fully saturated rings. The quantitative estimate of drug-likeness (QED) is 0.376. The number of methoxy groups -OCH3 is 2. The zero-order chi connectivity index (χ0) is 23.8. The molecule has 0 saturated carbocycles. The van der Waals surface area contributed by atoms with E-state index in [1.54, 1.807) is 31.3 Å². The maximum atomic E-state index is 14.1. The average molecular weight is 457 g/mol. The predicted molar refractivity (Wildman–Crippen MR) is 131 cm³/mol. The van der Waals surface area contributed by atoms with Gasteiger partial charge in [-0.3, -0.25) is 4.79 Å². The smallest absolute Gasteiger partial charge is 0.259 e. The molecular weight excluding hydrogens is 431 g/mol. The van der Waals surface area contributed by atoms with Crippen molar-refractivity contribution in [2.75, 3.05) is 19.1 Å². The fraction of sp³-hybridized carbons (Fsp3) is 0.214. The van der Waals surface area contributed by atoms with Crippen LogP contribution in [0.25, 0.3) is 22.2 Å². The summed E-state index contributed by atoms with van der Waals surface area (Å²) in [5.74, 6) is 0.854. The van der Waals surface area contributed by atoms with Gasteiger partial charge in [-0.1, -0.05) is 18.2 Å². The Hall–Kier alpha value is -3.93. The fourth-order valence-electron chi connectivity index (χ4n) is 4.66. The molecule has 1 aliphatic rings. The second kappa shape index (κ2) is 8.78. The molecule has 172 valence electrons. The number of ether oxygens (including phenoxy) is 2. The maximum absolute atomic E-state index is 14.1. The minimum atomic E-state index is -0.288. The van der Waals surface area contributed by atoms with Crippen LogP contribution in [0, 0.1) is 5.82 Å². The molecule has 6 heteroatoms. The molecule has 5 nitrogen and oxygen atoms in total. The molecule has 0 spiro atoms. The Kier molecular flexibility index (Phi) is 5.65. The highest BCUT2D eigenvalue weighted by molar-refractivity contribution is 6.15. The summed E-state index contributed by atoms with van der Waals surface area (Å²) in [7, 11) is 3.19. The Labute approximate surface area is 197 Å². The first-order chi connectivity index (χ1) is 16.5. The molecular formula is C28H25FN2O3. The van der Waals surface area contributed by atoms with Gasteiger partial charge in [-0.25, -0.2) is 9.37 Å². The van der Waals surface area contributed by atoms with Crippen LogP contribution in [0.3, 0.4) is 0 Å². The van der Waals surface area contributed by atoms with Gasteiger partial charge in [-0.2, -0.15) is 0 Å². The molecule has 0 radical (unpaired) electrons. The first-order valence-corrected chi connectivity index (χ1v) is 11.2. The molecule has 0 bridgehead atoms. The van der Waals surface area contributed by atoms with Gasteiger partial charge in [0.05, 0.1) is 31.0 Å². The van der Waals surface area contributed by atoms with Gasteiger partial charge in [0.15, 0.2) is 0 Å². The van der Waals surface area contributed by atoms with Crippen LogP contribution >= 0.6 is 0 Å². The van der Waals surface area contributed by atoms with E-state index in [0.717, 1.165) is 35.0 Å². The number of pyridine rings is 1. The number of amides is 1. The lowest BCUT2D eigenvalue weighted by atomic mass is 9.94. The third-order valence-corrected chi connectivity index (χ3v) is 6.42. The second-order valence-electron chi connectivity index (χ2n) is 8.47. The number of aryl methyl sites for hydroxylation is 1. The number of anilines is 1. The number of para-hydroxylation sites is 1. The fourth-order valence-corrected chi connectivity index (χ4v) is 4.66. The zero-order valence-corrected chi connectivity index (χ0v) is 19.3. The number of rotatable bonds is 4. The number of aromatic nitrogens is 1. The summed E-state index contributed by atoms with van der Waals surface area (Å²) in [6.45, 7) is 2.03. The van der Waals surface area contributed by atoms with Crippen LogP contribution in [0.5, 0.6) is 11.5 Å². The van der Waals surface area contributed by atoms with Gasteiger partial charge in [0, 0.05) is 28.7 Å². The van der Waals surface area contributed by atoms with Gasteiger partial charge in [-0.05, 0) is 67.8 Å². The maximum Gasteiger partial charge on any atom is 0.259 e. The largest absolute Gasteiger partial charge is 0.497 e. The molecule has 0 aliphatic carbocycles. The van der Waals surface area contributed by atoms with Gasteiger partial charge in [0.25, 0.3) is 5.91 Å². The standard InChI is InChI=1S/C28H25FN2O3/c1-17-8-9-18-14-19(29)10-13-26(18)31(17)28(32)23-16-25(30-24-7-5-4-6-21(23)24)22-12-11-20(33-2)15-27(22)34-3/h4-7,10-17H,8-9H2,1-3H3. The van der Waals surface area contributed by atoms with Crippen molar-refractivity contribution < 1.29 is 18.7 Å². The van der Waals surface area contributed by atoms with Gasteiger partial charge in [0.1, 0.15) is 17.3 Å². The van der Waals surface area contributed by atoms with Gasteiger partial charge >= 0.3 is 0 Å². The molecule has 34 heavy (non-hydrogen) atoms. The van der Waals surface area contributed by atoms with E-state index in [0.29, 0.717) is 28.3 Å². The van der Waals surface area contributed by atoms with Crippen molar-refractivity contribution in [1.29, 1.82) is 0 Å². The van der Waals surface area contributed by atoms with Crippen molar-refractivity contribution in [3.8, 4) is 22.8 Å². The van der Waals surface area contributed by atoms with Crippen LogP contribution in [0.1, 0.15) is 29.3 Å². The normalized spacial score (nSPS) is 15.2. The summed E-state index contributed by atoms with van der Waals surface area (Å²) >= 11 is 0. The van der Waals surface area contributed by atoms with Crippen molar-refractivity contribution in [1.82, 2.24) is 4.98 Å². The number of halogens is 1. The number of hydrogen-bond donors (Lipinski definition) is 0. The highest BCUT2D eigenvalue weighted by Crippen LogP contribution is 2.37. The van der Waals surface area contributed by atoms with E-state index in [-0.39, 0.29) is 17.8 Å². The summed E-state index contributed by atoms with van der Waals surface area (Å²) in [5.41, 5.74) is 4.26. The summed E-state index contributed by atoms with van der Waals surface area (Å²) < 4.78 is 24.8. The molecule has 2 heterocycles. The van der Waals surface area contributed by atoms with Crippen LogP contribution in [0.2, 0.25) is 0 Å². The summed E-state index contributed by atoms with van der Waals surface area (Å²) in [6.07, 6.45) is 1.51. The Morgan fingerprint density at radius 3 is 2.65 bits per heavy atom. The third-order valence-electron chi connectivity index (χ3n) is 6.42. The average Bonchev–Trinajstić information content (AvgIpc) is 2.87. The first-order valence-electron chi connectivity index (χ1n) is 11.2. The number of benzene rings is 3. The minimum Gasteiger partial charge on any atom is -0.497 e. The number of carbonyl (C=O) groups is 1. The molecule has 1 unspecified atom stereocenters. The number of fused-ring (bicyclic) bond motifs is 2. The number of carbonyl (C=O) groups excluding carboxylic acids is 1. The van der Waals surface area contributed by atoms with Crippen LogP contribution in [-0.4, -0.2) is 31.2 Å². The van der Waals surface area contributed by atoms with E-state index in [9.17, 15) is 9.18 Å². The third kappa shape index (κ3) is 3.75. The Bertz CT molecular complexity index is 1400. The topological polar surface area (TPSA) is 51.7 Å². The summed E-state index contributed by atoms with van der Waals surface area (Å²) in [6, 6.07) is 19.6. The molecule has 4 aromatic rings. The van der Waals surface area contributed by atoms with Crippen molar-refractivity contribution >= 4 is 22.5 Å². The Morgan fingerprint density at radius 2 is 1.85 bits per heavy atom. The highest BCUT2D eigenvalue weighted by Gasteiger charge is 2.30. The Morgan fingerprint density at radius 1 is 1.03 bits per heavy atom. The van der Waals surface area contributed by atoms with Gasteiger partial charge in [-0.15, -0.1) is 0 Å². The number of nitrogens with zero attached hydrogens (tertiary/aromatic N) is 2. The lowest BCUT2D eigenvalue weighted by Gasteiger charge is -2.35. The zero-order valence-electron chi connectivity index (χ0n) is 19.3. The first kappa shape index (κ1) is 21.9. The van der Waals surface area contributed by atoms with E-state index in [1.807, 2.05) is 49.4 Å². The lowest BCUT2D eigenvalue weighted by Crippen LogP contribution is -2.42. The Balaban J connectivity index is 1.69. The molecule has 1 atom stereocenters. The molecule has 0 N–H and O–H groups in total. The van der Waals surface area contributed by atoms with Crippen LogP contribution in [-0.2, 0) is 6.42 Å². The van der Waals surface area contributed by atoms with E-state index >= 15 is 0 Å². The minimum absolute atomic E-state index is 0.0173. The second-order valence-corrected chi connectivity index (χ2v) is 8.47. The van der Waals surface area contributed by atoms with Crippen molar-refractivity contribution in [2.45, 2.75) is 25.8 Å². The van der Waals surface area contributed by atoms with E-state index in [2.05, 4.69) is 0 Å². The number of hydrogen-bond acceptors (Lipinski definition) is 4. The van der Waals surface area contributed by atoms with Crippen LogP contribution in [0.15, 0.2) is 66.7 Å². The highest BCUT2D eigenvalue weighted by atomic mass is 19.1. The van der Waals surface area contributed by atoms with E-state index in [4.69, 9.17) is 14.5 Å².